The van der Waals surface area contributed by atoms with E-state index >= 15 is 0 Å². The second kappa shape index (κ2) is 2.14. The normalized spacial score (nSPS) is 8.33. The maximum atomic E-state index is 9.97. The topological polar surface area (TPSA) is 54.0 Å². The van der Waals surface area contributed by atoms with Crippen molar-refractivity contribution in [3.05, 3.63) is 23.7 Å². The molecule has 1 aromatic heterocycles. The molecule has 0 aliphatic heterocycles. The van der Waals surface area contributed by atoms with Gasteiger partial charge >= 0.3 is 0 Å². The molecular formula is C6H3NO2. The van der Waals surface area contributed by atoms with Gasteiger partial charge in [-0.15, -0.1) is 0 Å². The highest BCUT2D eigenvalue weighted by Gasteiger charge is 1.96. The van der Waals surface area contributed by atoms with Gasteiger partial charge in [-0.3, -0.25) is 4.79 Å². The third kappa shape index (κ3) is 0.970. The lowest BCUT2D eigenvalue weighted by Crippen LogP contribution is -1.67. The number of carbonyl (C=O) groups excluding carboxylic acids is 1. The summed E-state index contributed by atoms with van der Waals surface area (Å²) in [5.74, 6) is 0.164. The first kappa shape index (κ1) is 5.57. The minimum absolute atomic E-state index is 0.164. The van der Waals surface area contributed by atoms with Crippen LogP contribution >= 0.6 is 0 Å². The first-order chi connectivity index (χ1) is 4.36. The van der Waals surface area contributed by atoms with E-state index in [0.717, 1.165) is 0 Å². The van der Waals surface area contributed by atoms with E-state index in [0.29, 0.717) is 11.8 Å². The van der Waals surface area contributed by atoms with E-state index in [1.165, 1.54) is 12.3 Å². The first-order valence-corrected chi connectivity index (χ1v) is 2.30. The lowest BCUT2D eigenvalue weighted by Gasteiger charge is -1.65. The Morgan fingerprint density at radius 3 is 2.89 bits per heavy atom. The van der Waals surface area contributed by atoms with Crippen LogP contribution in [0.3, 0.4) is 0 Å². The van der Waals surface area contributed by atoms with Crippen molar-refractivity contribution < 1.29 is 9.21 Å². The first-order valence-electron chi connectivity index (χ1n) is 2.30. The third-order valence-electron chi connectivity index (χ3n) is 0.866. The van der Waals surface area contributed by atoms with E-state index in [2.05, 4.69) is 4.42 Å². The Bertz CT molecular complexity index is 256. The Hall–Kier alpha value is -1.56. The fraction of sp³-hybridized carbons (Fsp3) is 0. The number of nitriles is 1. The van der Waals surface area contributed by atoms with Gasteiger partial charge in [0.25, 0.3) is 0 Å². The van der Waals surface area contributed by atoms with Gasteiger partial charge in [0.1, 0.15) is 12.3 Å². The summed E-state index contributed by atoms with van der Waals surface area (Å²) in [7, 11) is 0. The van der Waals surface area contributed by atoms with Crippen molar-refractivity contribution in [1.82, 2.24) is 0 Å². The molecule has 0 radical (unpaired) electrons. The van der Waals surface area contributed by atoms with Gasteiger partial charge in [-0.2, -0.15) is 5.26 Å². The summed E-state index contributed by atoms with van der Waals surface area (Å²) in [6, 6.07) is 3.14. The molecule has 3 nitrogen and oxygen atoms in total. The molecule has 0 atom stereocenters. The number of rotatable bonds is 1. The summed E-state index contributed by atoms with van der Waals surface area (Å²) in [5, 5.41) is 8.19. The van der Waals surface area contributed by atoms with Crippen molar-refractivity contribution in [3.63, 3.8) is 0 Å². The fourth-order valence-electron chi connectivity index (χ4n) is 0.471. The molecule has 0 aliphatic carbocycles. The van der Waals surface area contributed by atoms with Crippen LogP contribution in [0, 0.1) is 11.3 Å². The van der Waals surface area contributed by atoms with Gasteiger partial charge in [-0.05, 0) is 0 Å². The molecule has 0 aliphatic rings. The zero-order valence-electron chi connectivity index (χ0n) is 4.50. The summed E-state index contributed by atoms with van der Waals surface area (Å²) in [6.45, 7) is 0. The van der Waals surface area contributed by atoms with Crippen LogP contribution in [0.15, 0.2) is 16.7 Å². The molecule has 0 saturated carbocycles. The Morgan fingerprint density at radius 1 is 1.78 bits per heavy atom. The summed E-state index contributed by atoms with van der Waals surface area (Å²) in [4.78, 5) is 9.97. The summed E-state index contributed by atoms with van der Waals surface area (Å²) in [6.07, 6.45) is 1.87. The Balaban J connectivity index is 3.03. The Morgan fingerprint density at radius 2 is 2.56 bits per heavy atom. The van der Waals surface area contributed by atoms with E-state index in [1.54, 1.807) is 6.07 Å². The molecule has 1 rings (SSSR count). The Labute approximate surface area is 51.5 Å². The summed E-state index contributed by atoms with van der Waals surface area (Å²) >= 11 is 0. The maximum Gasteiger partial charge on any atom is 0.203 e. The molecule has 0 spiro atoms. The molecule has 0 amide bonds. The third-order valence-corrected chi connectivity index (χ3v) is 0.866. The highest BCUT2D eigenvalue weighted by atomic mass is 16.3. The summed E-state index contributed by atoms with van der Waals surface area (Å²) < 4.78 is 4.61. The SMILES string of the molecule is N#Cc1cc(C=O)co1. The molecular weight excluding hydrogens is 118 g/mol. The van der Waals surface area contributed by atoms with Crippen molar-refractivity contribution in [2.45, 2.75) is 0 Å². The largest absolute Gasteiger partial charge is 0.453 e. The van der Waals surface area contributed by atoms with Crippen LogP contribution in [0.1, 0.15) is 16.1 Å². The van der Waals surface area contributed by atoms with Gasteiger partial charge in [0.15, 0.2) is 6.29 Å². The second-order valence-corrected chi connectivity index (χ2v) is 1.47. The molecule has 0 aromatic carbocycles. The van der Waals surface area contributed by atoms with Gasteiger partial charge in [0.2, 0.25) is 5.76 Å². The highest BCUT2D eigenvalue weighted by molar-refractivity contribution is 5.74. The number of nitrogens with zero attached hydrogens (tertiary/aromatic N) is 1. The van der Waals surface area contributed by atoms with E-state index in [1.807, 2.05) is 0 Å². The molecule has 0 N–H and O–H groups in total. The number of aldehydes is 1. The molecule has 44 valence electrons. The maximum absolute atomic E-state index is 9.97. The van der Waals surface area contributed by atoms with Crippen LogP contribution in [0.4, 0.5) is 0 Å². The van der Waals surface area contributed by atoms with E-state index in [4.69, 9.17) is 5.26 Å². The average Bonchev–Trinajstić information content (AvgIpc) is 2.34. The lowest BCUT2D eigenvalue weighted by atomic mass is 10.3. The number of hydrogen-bond acceptors (Lipinski definition) is 3. The standard InChI is InChI=1S/C6H3NO2/c7-2-6-1-5(3-8)4-9-6/h1,3-4H. The van der Waals surface area contributed by atoms with Crippen LogP contribution in [0.2, 0.25) is 0 Å². The highest BCUT2D eigenvalue weighted by Crippen LogP contribution is 2.02. The van der Waals surface area contributed by atoms with Gasteiger partial charge in [-0.1, -0.05) is 0 Å². The Kier molecular flexibility index (Phi) is 1.32. The van der Waals surface area contributed by atoms with Gasteiger partial charge < -0.3 is 4.42 Å². The second-order valence-electron chi connectivity index (χ2n) is 1.47. The molecule has 0 bridgehead atoms. The fourth-order valence-corrected chi connectivity index (χ4v) is 0.471. The predicted octanol–water partition coefficient (Wildman–Crippen LogP) is 0.964. The van der Waals surface area contributed by atoms with Gasteiger partial charge in [-0.25, -0.2) is 0 Å². The van der Waals surface area contributed by atoms with Crippen LogP contribution in [-0.4, -0.2) is 6.29 Å². The number of hydrogen-bond donors (Lipinski definition) is 0. The van der Waals surface area contributed by atoms with E-state index in [9.17, 15) is 4.79 Å². The molecule has 9 heavy (non-hydrogen) atoms. The minimum Gasteiger partial charge on any atom is -0.453 e. The summed E-state index contributed by atoms with van der Waals surface area (Å²) in [5.41, 5.74) is 0.395. The van der Waals surface area contributed by atoms with Crippen molar-refractivity contribution in [2.75, 3.05) is 0 Å². The van der Waals surface area contributed by atoms with Crippen molar-refractivity contribution >= 4 is 6.29 Å². The van der Waals surface area contributed by atoms with Crippen LogP contribution in [0.5, 0.6) is 0 Å². The van der Waals surface area contributed by atoms with Crippen molar-refractivity contribution in [2.24, 2.45) is 0 Å². The van der Waals surface area contributed by atoms with Crippen LogP contribution in [0.25, 0.3) is 0 Å². The molecule has 1 aromatic rings. The molecule has 3 heteroatoms. The minimum atomic E-state index is 0.164. The smallest absolute Gasteiger partial charge is 0.203 e. The van der Waals surface area contributed by atoms with Crippen LogP contribution < -0.4 is 0 Å². The number of furan rings is 1. The van der Waals surface area contributed by atoms with E-state index in [-0.39, 0.29) is 5.76 Å². The molecule has 1 heterocycles. The van der Waals surface area contributed by atoms with Crippen molar-refractivity contribution in [1.29, 1.82) is 5.26 Å². The predicted molar refractivity (Wildman–Crippen MR) is 28.8 cm³/mol. The quantitative estimate of drug-likeness (QED) is 0.520. The number of carbonyl (C=O) groups is 1. The zero-order valence-corrected chi connectivity index (χ0v) is 4.50. The molecule has 0 saturated heterocycles. The van der Waals surface area contributed by atoms with Crippen molar-refractivity contribution in [3.8, 4) is 6.07 Å². The monoisotopic (exact) mass is 121 g/mol. The van der Waals surface area contributed by atoms with Gasteiger partial charge in [0.05, 0.1) is 5.56 Å². The molecule has 0 unspecified atom stereocenters. The lowest BCUT2D eigenvalue weighted by molar-refractivity contribution is 0.112. The zero-order chi connectivity index (χ0) is 6.69. The molecule has 0 fully saturated rings. The average molecular weight is 121 g/mol. The van der Waals surface area contributed by atoms with Gasteiger partial charge in [0, 0.05) is 6.07 Å². The van der Waals surface area contributed by atoms with E-state index < -0.39 is 0 Å². The van der Waals surface area contributed by atoms with Crippen LogP contribution in [-0.2, 0) is 0 Å².